The highest BCUT2D eigenvalue weighted by atomic mass is 15.2. The van der Waals surface area contributed by atoms with Gasteiger partial charge in [-0.3, -0.25) is 0 Å². The van der Waals surface area contributed by atoms with Crippen LogP contribution in [0.2, 0.25) is 0 Å². The molecule has 0 spiro atoms. The molecule has 1 N–H and O–H groups in total. The van der Waals surface area contributed by atoms with Gasteiger partial charge in [-0.05, 0) is 58.3 Å². The molecule has 2 unspecified atom stereocenters. The van der Waals surface area contributed by atoms with E-state index >= 15 is 0 Å². The summed E-state index contributed by atoms with van der Waals surface area (Å²) in [7, 11) is 4.44. The zero-order valence-corrected chi connectivity index (χ0v) is 12.5. The van der Waals surface area contributed by atoms with Crippen LogP contribution in [0.25, 0.3) is 0 Å². The fraction of sp³-hybridized carbons (Fsp3) is 1.00. The summed E-state index contributed by atoms with van der Waals surface area (Å²) in [5, 5.41) is 3.63. The lowest BCUT2D eigenvalue weighted by Gasteiger charge is -2.40. The van der Waals surface area contributed by atoms with Crippen LogP contribution in [0.5, 0.6) is 0 Å². The summed E-state index contributed by atoms with van der Waals surface area (Å²) in [6, 6.07) is 0.778. The Hall–Kier alpha value is -0.120. The Morgan fingerprint density at radius 3 is 2.78 bits per heavy atom. The van der Waals surface area contributed by atoms with Crippen molar-refractivity contribution in [2.24, 2.45) is 5.41 Å². The van der Waals surface area contributed by atoms with E-state index in [1.165, 1.54) is 64.8 Å². The topological polar surface area (TPSA) is 18.5 Å². The maximum absolute atomic E-state index is 3.63. The Bertz CT molecular complexity index is 241. The number of likely N-dealkylation sites (tertiary alicyclic amines) is 1. The van der Waals surface area contributed by atoms with Crippen LogP contribution < -0.4 is 5.32 Å². The van der Waals surface area contributed by atoms with Crippen molar-refractivity contribution in [3.63, 3.8) is 0 Å². The lowest BCUT2D eigenvalue weighted by molar-refractivity contribution is 0.116. The van der Waals surface area contributed by atoms with Crippen LogP contribution in [0.15, 0.2) is 0 Å². The molecule has 0 aliphatic carbocycles. The number of nitrogens with one attached hydrogen (secondary N) is 1. The van der Waals surface area contributed by atoms with Crippen molar-refractivity contribution in [1.29, 1.82) is 0 Å². The first-order valence-corrected chi connectivity index (χ1v) is 7.75. The van der Waals surface area contributed by atoms with E-state index in [1.807, 2.05) is 0 Å². The minimum Gasteiger partial charge on any atom is -0.316 e. The molecule has 2 fully saturated rings. The molecular formula is C15H31N3. The Balaban J connectivity index is 1.89. The zero-order valence-electron chi connectivity index (χ0n) is 12.5. The predicted molar refractivity (Wildman–Crippen MR) is 78.0 cm³/mol. The highest BCUT2D eigenvalue weighted by molar-refractivity contribution is 4.91. The number of nitrogens with zero attached hydrogens (tertiary/aromatic N) is 2. The molecule has 0 saturated carbocycles. The van der Waals surface area contributed by atoms with Crippen molar-refractivity contribution >= 4 is 0 Å². The standard InChI is InChI=1S/C15H31N3/c1-4-7-15(8-5-9-16-12-15)13-18-10-6-14(11-18)17(2)3/h14,16H,4-13H2,1-3H3. The van der Waals surface area contributed by atoms with Crippen LogP contribution in [0.1, 0.15) is 39.0 Å². The van der Waals surface area contributed by atoms with Crippen molar-refractivity contribution in [3.05, 3.63) is 0 Å². The molecule has 0 bridgehead atoms. The Kier molecular flexibility index (Phi) is 5.05. The molecule has 2 aliphatic rings. The van der Waals surface area contributed by atoms with Crippen LogP contribution >= 0.6 is 0 Å². The lowest BCUT2D eigenvalue weighted by atomic mass is 9.76. The van der Waals surface area contributed by atoms with Crippen LogP contribution in [0.3, 0.4) is 0 Å². The van der Waals surface area contributed by atoms with E-state index in [1.54, 1.807) is 0 Å². The van der Waals surface area contributed by atoms with Crippen molar-refractivity contribution < 1.29 is 0 Å². The molecule has 3 heteroatoms. The molecular weight excluding hydrogens is 222 g/mol. The second-order valence-corrected chi connectivity index (χ2v) is 6.67. The highest BCUT2D eigenvalue weighted by Gasteiger charge is 2.35. The first kappa shape index (κ1) is 14.3. The summed E-state index contributed by atoms with van der Waals surface area (Å²) < 4.78 is 0. The molecule has 106 valence electrons. The fourth-order valence-corrected chi connectivity index (χ4v) is 3.84. The summed E-state index contributed by atoms with van der Waals surface area (Å²) in [6.07, 6.45) is 6.86. The SMILES string of the molecule is CCCC1(CN2CCC(N(C)C)C2)CCCNC1. The van der Waals surface area contributed by atoms with Crippen LogP contribution in [0.4, 0.5) is 0 Å². The molecule has 2 saturated heterocycles. The highest BCUT2D eigenvalue weighted by Crippen LogP contribution is 2.33. The third-order valence-electron chi connectivity index (χ3n) is 4.88. The van der Waals surface area contributed by atoms with E-state index < -0.39 is 0 Å². The van der Waals surface area contributed by atoms with Gasteiger partial charge in [0.2, 0.25) is 0 Å². The maximum Gasteiger partial charge on any atom is 0.0229 e. The van der Waals surface area contributed by atoms with Gasteiger partial charge in [0.25, 0.3) is 0 Å². The monoisotopic (exact) mass is 253 g/mol. The zero-order chi connectivity index (χ0) is 13.0. The second-order valence-electron chi connectivity index (χ2n) is 6.67. The van der Waals surface area contributed by atoms with E-state index in [0.717, 1.165) is 6.04 Å². The fourth-order valence-electron chi connectivity index (χ4n) is 3.84. The number of rotatable bonds is 5. The molecule has 0 radical (unpaired) electrons. The van der Waals surface area contributed by atoms with Crippen molar-refractivity contribution in [2.45, 2.75) is 45.1 Å². The largest absolute Gasteiger partial charge is 0.316 e. The van der Waals surface area contributed by atoms with Gasteiger partial charge in [-0.15, -0.1) is 0 Å². The summed E-state index contributed by atoms with van der Waals surface area (Å²) in [6.45, 7) is 8.70. The summed E-state index contributed by atoms with van der Waals surface area (Å²) in [4.78, 5) is 5.11. The molecule has 0 aromatic rings. The van der Waals surface area contributed by atoms with Gasteiger partial charge in [-0.25, -0.2) is 0 Å². The third kappa shape index (κ3) is 3.46. The Morgan fingerprint density at radius 2 is 2.22 bits per heavy atom. The minimum atomic E-state index is 0.564. The Morgan fingerprint density at radius 1 is 1.39 bits per heavy atom. The van der Waals surface area contributed by atoms with Gasteiger partial charge in [-0.2, -0.15) is 0 Å². The molecule has 18 heavy (non-hydrogen) atoms. The number of hydrogen-bond acceptors (Lipinski definition) is 3. The molecule has 2 aliphatic heterocycles. The van der Waals surface area contributed by atoms with E-state index in [2.05, 4.69) is 36.1 Å². The number of hydrogen-bond donors (Lipinski definition) is 1. The van der Waals surface area contributed by atoms with E-state index in [0.29, 0.717) is 5.41 Å². The summed E-state index contributed by atoms with van der Waals surface area (Å²) >= 11 is 0. The van der Waals surface area contributed by atoms with Gasteiger partial charge in [0.15, 0.2) is 0 Å². The smallest absolute Gasteiger partial charge is 0.0229 e. The van der Waals surface area contributed by atoms with Gasteiger partial charge in [0.1, 0.15) is 0 Å². The molecule has 0 amide bonds. The third-order valence-corrected chi connectivity index (χ3v) is 4.88. The molecule has 2 heterocycles. The van der Waals surface area contributed by atoms with Crippen molar-refractivity contribution in [1.82, 2.24) is 15.1 Å². The van der Waals surface area contributed by atoms with Gasteiger partial charge in [-0.1, -0.05) is 13.3 Å². The van der Waals surface area contributed by atoms with Crippen LogP contribution in [-0.2, 0) is 0 Å². The second kappa shape index (κ2) is 6.36. The van der Waals surface area contributed by atoms with E-state index in [9.17, 15) is 0 Å². The molecule has 2 atom stereocenters. The average molecular weight is 253 g/mol. The normalized spacial score (nSPS) is 34.3. The van der Waals surface area contributed by atoms with Crippen molar-refractivity contribution in [3.8, 4) is 0 Å². The van der Waals surface area contributed by atoms with Gasteiger partial charge in [0, 0.05) is 25.7 Å². The quantitative estimate of drug-likeness (QED) is 0.806. The van der Waals surface area contributed by atoms with Crippen molar-refractivity contribution in [2.75, 3.05) is 46.8 Å². The molecule has 3 nitrogen and oxygen atoms in total. The molecule has 0 aromatic carbocycles. The van der Waals surface area contributed by atoms with E-state index in [4.69, 9.17) is 0 Å². The van der Waals surface area contributed by atoms with Gasteiger partial charge >= 0.3 is 0 Å². The average Bonchev–Trinajstić information content (AvgIpc) is 2.79. The molecule has 0 aromatic heterocycles. The predicted octanol–water partition coefficient (Wildman–Crippen LogP) is 1.79. The first-order chi connectivity index (χ1) is 8.65. The minimum absolute atomic E-state index is 0.564. The summed E-state index contributed by atoms with van der Waals surface area (Å²) in [5.74, 6) is 0. The van der Waals surface area contributed by atoms with Crippen LogP contribution in [-0.4, -0.2) is 62.7 Å². The Labute approximate surface area is 113 Å². The first-order valence-electron chi connectivity index (χ1n) is 7.75. The van der Waals surface area contributed by atoms with Gasteiger partial charge < -0.3 is 15.1 Å². The van der Waals surface area contributed by atoms with E-state index in [-0.39, 0.29) is 0 Å². The maximum atomic E-state index is 3.63. The van der Waals surface area contributed by atoms with Crippen LogP contribution in [0, 0.1) is 5.41 Å². The lowest BCUT2D eigenvalue weighted by Crippen LogP contribution is -2.47. The summed E-state index contributed by atoms with van der Waals surface area (Å²) in [5.41, 5.74) is 0.564. The van der Waals surface area contributed by atoms with Gasteiger partial charge in [0.05, 0.1) is 0 Å². The molecule has 2 rings (SSSR count). The number of piperidine rings is 1. The number of likely N-dealkylation sites (N-methyl/N-ethyl adjacent to an activating group) is 1.